The van der Waals surface area contributed by atoms with Crippen LogP contribution in [0.25, 0.3) is 5.57 Å². The Morgan fingerprint density at radius 2 is 1.64 bits per heavy atom. The molecule has 3 aromatic rings. The van der Waals surface area contributed by atoms with E-state index in [9.17, 15) is 4.79 Å². The lowest BCUT2D eigenvalue weighted by Gasteiger charge is -2.11. The Kier molecular flexibility index (Phi) is 9.28. The predicted molar refractivity (Wildman–Crippen MR) is 132 cm³/mol. The van der Waals surface area contributed by atoms with E-state index in [4.69, 9.17) is 9.47 Å². The van der Waals surface area contributed by atoms with Crippen LogP contribution >= 0.6 is 0 Å². The van der Waals surface area contributed by atoms with E-state index in [0.29, 0.717) is 6.54 Å². The van der Waals surface area contributed by atoms with Crippen molar-refractivity contribution in [2.24, 2.45) is 0 Å². The molecule has 5 nitrogen and oxygen atoms in total. The Balaban J connectivity index is 1.63. The van der Waals surface area contributed by atoms with Crippen LogP contribution < -0.4 is 14.8 Å². The van der Waals surface area contributed by atoms with Gasteiger partial charge in [0.05, 0.1) is 14.2 Å². The van der Waals surface area contributed by atoms with Crippen molar-refractivity contribution in [3.63, 3.8) is 0 Å². The van der Waals surface area contributed by atoms with Crippen LogP contribution in [0.15, 0.2) is 91.3 Å². The first-order valence-corrected chi connectivity index (χ1v) is 11.0. The van der Waals surface area contributed by atoms with Crippen molar-refractivity contribution in [3.05, 3.63) is 108 Å². The Bertz CT molecular complexity index is 1040. The molecule has 33 heavy (non-hydrogen) atoms. The molecular formula is C28H30N2O3. The van der Waals surface area contributed by atoms with Crippen LogP contribution in [0.3, 0.4) is 0 Å². The van der Waals surface area contributed by atoms with Crippen molar-refractivity contribution in [2.75, 3.05) is 20.8 Å². The van der Waals surface area contributed by atoms with Crippen LogP contribution in [-0.2, 0) is 11.2 Å². The van der Waals surface area contributed by atoms with Crippen molar-refractivity contribution in [3.8, 4) is 11.5 Å². The van der Waals surface area contributed by atoms with Crippen LogP contribution in [0.1, 0.15) is 29.5 Å². The molecule has 1 N–H and O–H groups in total. The van der Waals surface area contributed by atoms with Crippen LogP contribution in [0, 0.1) is 0 Å². The second-order valence-electron chi connectivity index (χ2n) is 7.51. The molecule has 0 saturated carbocycles. The number of hydrogen-bond donors (Lipinski definition) is 1. The highest BCUT2D eigenvalue weighted by Gasteiger charge is 2.07. The van der Waals surface area contributed by atoms with E-state index in [-0.39, 0.29) is 5.91 Å². The van der Waals surface area contributed by atoms with Gasteiger partial charge >= 0.3 is 0 Å². The van der Waals surface area contributed by atoms with Gasteiger partial charge in [0, 0.05) is 25.0 Å². The lowest BCUT2D eigenvalue weighted by atomic mass is 9.97. The van der Waals surface area contributed by atoms with Crippen molar-refractivity contribution in [1.29, 1.82) is 0 Å². The standard InChI is InChI=1S/C28H30N2O3/c1-32-25-13-5-11-23(19-25)27(24-12-6-14-26(20-24)33-2)15-7-16-28(31)30-18-4-3-9-22-10-8-17-29-21-22/h5-8,10-17,19-21H,3-4,9,18H2,1-2H3,(H,30,31)/b16-7-. The fourth-order valence-corrected chi connectivity index (χ4v) is 3.44. The first kappa shape index (κ1) is 23.8. The van der Waals surface area contributed by atoms with Gasteiger partial charge in [-0.3, -0.25) is 9.78 Å². The predicted octanol–water partition coefficient (Wildman–Crippen LogP) is 5.23. The number of carbonyl (C=O) groups excluding carboxylic acids is 1. The summed E-state index contributed by atoms with van der Waals surface area (Å²) in [7, 11) is 3.30. The fourth-order valence-electron chi connectivity index (χ4n) is 3.44. The SMILES string of the molecule is COc1cccc(C(=C/C=C\C(=O)NCCCCc2cccnc2)c2cccc(OC)c2)c1. The maximum atomic E-state index is 12.3. The molecule has 1 aromatic heterocycles. The van der Waals surface area contributed by atoms with Gasteiger partial charge in [0.15, 0.2) is 0 Å². The number of rotatable bonds is 11. The Labute approximate surface area is 195 Å². The quantitative estimate of drug-likeness (QED) is 0.251. The van der Waals surface area contributed by atoms with Crippen molar-refractivity contribution < 1.29 is 14.3 Å². The lowest BCUT2D eigenvalue weighted by Crippen LogP contribution is -2.22. The fraction of sp³-hybridized carbons (Fsp3) is 0.214. The molecule has 0 aliphatic carbocycles. The summed E-state index contributed by atoms with van der Waals surface area (Å²) >= 11 is 0. The third-order valence-electron chi connectivity index (χ3n) is 5.19. The minimum Gasteiger partial charge on any atom is -0.497 e. The molecule has 2 aromatic carbocycles. The van der Waals surface area contributed by atoms with Gasteiger partial charge in [-0.2, -0.15) is 0 Å². The van der Waals surface area contributed by atoms with Gasteiger partial charge in [-0.25, -0.2) is 0 Å². The number of pyridine rings is 1. The van der Waals surface area contributed by atoms with E-state index >= 15 is 0 Å². The molecule has 0 aliphatic rings. The molecule has 0 fully saturated rings. The number of nitrogens with one attached hydrogen (secondary N) is 1. The molecule has 0 unspecified atom stereocenters. The van der Waals surface area contributed by atoms with E-state index in [0.717, 1.165) is 47.5 Å². The zero-order chi connectivity index (χ0) is 23.3. The maximum absolute atomic E-state index is 12.3. The Hall–Kier alpha value is -3.86. The number of allylic oxidation sites excluding steroid dienone is 2. The van der Waals surface area contributed by atoms with E-state index in [1.165, 1.54) is 5.56 Å². The third kappa shape index (κ3) is 7.65. The highest BCUT2D eigenvalue weighted by Crippen LogP contribution is 2.28. The summed E-state index contributed by atoms with van der Waals surface area (Å²) in [6, 6.07) is 19.7. The minimum atomic E-state index is -0.108. The van der Waals surface area contributed by atoms with E-state index in [2.05, 4.69) is 16.4 Å². The van der Waals surface area contributed by atoms with Gasteiger partial charge in [0.2, 0.25) is 5.91 Å². The first-order chi connectivity index (χ1) is 16.2. The lowest BCUT2D eigenvalue weighted by molar-refractivity contribution is -0.116. The highest BCUT2D eigenvalue weighted by molar-refractivity contribution is 5.89. The van der Waals surface area contributed by atoms with Gasteiger partial charge < -0.3 is 14.8 Å². The number of methoxy groups -OCH3 is 2. The molecule has 0 saturated heterocycles. The largest absolute Gasteiger partial charge is 0.497 e. The Morgan fingerprint density at radius 1 is 0.939 bits per heavy atom. The zero-order valence-corrected chi connectivity index (χ0v) is 19.2. The third-order valence-corrected chi connectivity index (χ3v) is 5.19. The summed E-state index contributed by atoms with van der Waals surface area (Å²) < 4.78 is 10.8. The second kappa shape index (κ2) is 12.9. The first-order valence-electron chi connectivity index (χ1n) is 11.0. The summed E-state index contributed by atoms with van der Waals surface area (Å²) in [4.78, 5) is 16.4. The topological polar surface area (TPSA) is 60.5 Å². The van der Waals surface area contributed by atoms with E-state index < -0.39 is 0 Å². The summed E-state index contributed by atoms with van der Waals surface area (Å²) in [5.41, 5.74) is 4.16. The number of ether oxygens (including phenoxy) is 2. The average molecular weight is 443 g/mol. The summed E-state index contributed by atoms with van der Waals surface area (Å²) in [5, 5.41) is 2.95. The van der Waals surface area contributed by atoms with Crippen LogP contribution in [0.5, 0.6) is 11.5 Å². The van der Waals surface area contributed by atoms with E-state index in [1.54, 1.807) is 32.6 Å². The molecule has 0 spiro atoms. The molecular weight excluding hydrogens is 412 g/mol. The number of aromatic nitrogens is 1. The average Bonchev–Trinajstić information content (AvgIpc) is 2.87. The minimum absolute atomic E-state index is 0.108. The smallest absolute Gasteiger partial charge is 0.243 e. The number of amides is 1. The number of benzene rings is 2. The number of unbranched alkanes of at least 4 members (excludes halogenated alkanes) is 1. The van der Waals surface area contributed by atoms with Crippen molar-refractivity contribution in [1.82, 2.24) is 10.3 Å². The normalized spacial score (nSPS) is 10.6. The number of carbonyl (C=O) groups is 1. The molecule has 1 amide bonds. The molecule has 0 bridgehead atoms. The van der Waals surface area contributed by atoms with E-state index in [1.807, 2.05) is 66.9 Å². The van der Waals surface area contributed by atoms with Crippen LogP contribution in [-0.4, -0.2) is 31.7 Å². The maximum Gasteiger partial charge on any atom is 0.243 e. The molecule has 0 atom stereocenters. The molecule has 0 aliphatic heterocycles. The zero-order valence-electron chi connectivity index (χ0n) is 19.2. The van der Waals surface area contributed by atoms with Crippen molar-refractivity contribution in [2.45, 2.75) is 19.3 Å². The molecule has 1 heterocycles. The van der Waals surface area contributed by atoms with Gasteiger partial charge in [-0.05, 0) is 71.9 Å². The van der Waals surface area contributed by atoms with Crippen LogP contribution in [0.4, 0.5) is 0 Å². The molecule has 170 valence electrons. The van der Waals surface area contributed by atoms with Gasteiger partial charge in [-0.1, -0.05) is 42.5 Å². The van der Waals surface area contributed by atoms with Crippen molar-refractivity contribution >= 4 is 11.5 Å². The molecule has 0 radical (unpaired) electrons. The number of nitrogens with zero attached hydrogens (tertiary/aromatic N) is 1. The van der Waals surface area contributed by atoms with Gasteiger partial charge in [-0.15, -0.1) is 0 Å². The molecule has 3 rings (SSSR count). The number of hydrogen-bond acceptors (Lipinski definition) is 4. The van der Waals surface area contributed by atoms with Gasteiger partial charge in [0.1, 0.15) is 11.5 Å². The monoisotopic (exact) mass is 442 g/mol. The van der Waals surface area contributed by atoms with Gasteiger partial charge in [0.25, 0.3) is 0 Å². The molecule has 5 heteroatoms. The summed E-state index contributed by atoms with van der Waals surface area (Å²) in [6.07, 6.45) is 11.8. The number of aryl methyl sites for hydroxylation is 1. The summed E-state index contributed by atoms with van der Waals surface area (Å²) in [5.74, 6) is 1.44. The Morgan fingerprint density at radius 3 is 2.24 bits per heavy atom. The van der Waals surface area contributed by atoms with Crippen LogP contribution in [0.2, 0.25) is 0 Å². The second-order valence-corrected chi connectivity index (χ2v) is 7.51. The highest BCUT2D eigenvalue weighted by atomic mass is 16.5. The summed E-state index contributed by atoms with van der Waals surface area (Å²) in [6.45, 7) is 0.645.